The summed E-state index contributed by atoms with van der Waals surface area (Å²) >= 11 is 0. The summed E-state index contributed by atoms with van der Waals surface area (Å²) in [6.45, 7) is 8.24. The first kappa shape index (κ1) is 15.4. The van der Waals surface area contributed by atoms with E-state index in [-0.39, 0.29) is 5.69 Å². The molecule has 0 radical (unpaired) electrons. The Labute approximate surface area is 112 Å². The van der Waals surface area contributed by atoms with Gasteiger partial charge < -0.3 is 9.84 Å². The molecule has 0 bridgehead atoms. The van der Waals surface area contributed by atoms with E-state index in [2.05, 4.69) is 4.98 Å². The van der Waals surface area contributed by atoms with Crippen LogP contribution in [0.5, 0.6) is 0 Å². The lowest BCUT2D eigenvalue weighted by atomic mass is 9.98. The summed E-state index contributed by atoms with van der Waals surface area (Å²) in [7, 11) is 0. The van der Waals surface area contributed by atoms with Crippen molar-refractivity contribution in [2.75, 3.05) is 13.2 Å². The Hall–Kier alpha value is -1.69. The van der Waals surface area contributed by atoms with Crippen LogP contribution in [0.3, 0.4) is 0 Å². The van der Waals surface area contributed by atoms with Gasteiger partial charge in [-0.05, 0) is 27.7 Å². The van der Waals surface area contributed by atoms with Crippen molar-refractivity contribution < 1.29 is 14.6 Å². The van der Waals surface area contributed by atoms with Crippen LogP contribution in [0.15, 0.2) is 4.79 Å². The van der Waals surface area contributed by atoms with Crippen molar-refractivity contribution in [2.24, 2.45) is 0 Å². The number of hydrogen-bond donors (Lipinski definition) is 1. The highest BCUT2D eigenvalue weighted by molar-refractivity contribution is 5.76. The van der Waals surface area contributed by atoms with Gasteiger partial charge >= 0.3 is 11.7 Å². The molecule has 6 nitrogen and oxygen atoms in total. The molecule has 0 aliphatic rings. The van der Waals surface area contributed by atoms with Crippen molar-refractivity contribution in [3.8, 4) is 0 Å². The average Bonchev–Trinajstić information content (AvgIpc) is 2.32. The summed E-state index contributed by atoms with van der Waals surface area (Å²) in [5.41, 5.74) is 1.36. The zero-order valence-electron chi connectivity index (χ0n) is 11.8. The van der Waals surface area contributed by atoms with E-state index in [4.69, 9.17) is 9.84 Å². The summed E-state index contributed by atoms with van der Waals surface area (Å²) in [5.74, 6) is -1.62. The molecule has 0 spiro atoms. The molecule has 1 rings (SSSR count). The molecule has 1 N–H and O–H groups in total. The van der Waals surface area contributed by atoms with Crippen molar-refractivity contribution in [1.29, 1.82) is 0 Å². The minimum Gasteiger partial charge on any atom is -0.481 e. The molecule has 106 valence electrons. The van der Waals surface area contributed by atoms with Crippen molar-refractivity contribution in [2.45, 2.75) is 40.2 Å². The molecule has 1 atom stereocenters. The maximum absolute atomic E-state index is 11.8. The molecule has 0 aliphatic carbocycles. The number of carboxylic acids is 1. The fraction of sp³-hybridized carbons (Fsp3) is 0.615. The van der Waals surface area contributed by atoms with Crippen LogP contribution in [0.2, 0.25) is 0 Å². The number of rotatable bonds is 6. The van der Waals surface area contributed by atoms with E-state index in [0.717, 1.165) is 0 Å². The van der Waals surface area contributed by atoms with Gasteiger partial charge in [0.25, 0.3) is 0 Å². The summed E-state index contributed by atoms with van der Waals surface area (Å²) in [6, 6.07) is 0. The maximum atomic E-state index is 11.8. The van der Waals surface area contributed by atoms with Gasteiger partial charge in [0, 0.05) is 23.6 Å². The fourth-order valence-electron chi connectivity index (χ4n) is 2.13. The molecule has 19 heavy (non-hydrogen) atoms. The van der Waals surface area contributed by atoms with Gasteiger partial charge in [0.1, 0.15) is 0 Å². The summed E-state index contributed by atoms with van der Waals surface area (Å²) in [5, 5.41) is 9.12. The SMILES string of the molecule is CCOCCn1c(C)c(C(C)C(=O)O)c(C)nc1=O. The quantitative estimate of drug-likeness (QED) is 0.781. The molecular formula is C13H20N2O4. The monoisotopic (exact) mass is 268 g/mol. The minimum absolute atomic E-state index is 0.365. The third-order valence-electron chi connectivity index (χ3n) is 3.15. The first-order chi connectivity index (χ1) is 8.90. The Morgan fingerprint density at radius 3 is 2.63 bits per heavy atom. The van der Waals surface area contributed by atoms with Gasteiger partial charge in [0.15, 0.2) is 0 Å². The lowest BCUT2D eigenvalue weighted by Crippen LogP contribution is -2.30. The second kappa shape index (κ2) is 6.47. The topological polar surface area (TPSA) is 81.4 Å². The second-order valence-corrected chi connectivity index (χ2v) is 4.39. The van der Waals surface area contributed by atoms with Crippen molar-refractivity contribution >= 4 is 5.97 Å². The number of hydrogen-bond acceptors (Lipinski definition) is 4. The highest BCUT2D eigenvalue weighted by Gasteiger charge is 2.21. The predicted octanol–water partition coefficient (Wildman–Crippen LogP) is 1.08. The summed E-state index contributed by atoms with van der Waals surface area (Å²) in [4.78, 5) is 26.9. The zero-order valence-corrected chi connectivity index (χ0v) is 11.8. The van der Waals surface area contributed by atoms with E-state index in [1.54, 1.807) is 20.8 Å². The molecule has 1 aromatic heterocycles. The Morgan fingerprint density at radius 1 is 1.47 bits per heavy atom. The molecule has 0 aliphatic heterocycles. The number of nitrogens with zero attached hydrogens (tertiary/aromatic N) is 2. The molecule has 0 saturated carbocycles. The Kier molecular flexibility index (Phi) is 5.23. The largest absolute Gasteiger partial charge is 0.481 e. The molecule has 0 saturated heterocycles. The third kappa shape index (κ3) is 3.41. The Morgan fingerprint density at radius 2 is 2.11 bits per heavy atom. The van der Waals surface area contributed by atoms with Gasteiger partial charge in [0.05, 0.1) is 19.1 Å². The molecule has 6 heteroatoms. The Bertz CT molecular complexity index is 522. The lowest BCUT2D eigenvalue weighted by molar-refractivity contribution is -0.138. The number of carbonyl (C=O) groups is 1. The van der Waals surface area contributed by atoms with E-state index in [1.165, 1.54) is 4.57 Å². The number of aromatic nitrogens is 2. The van der Waals surface area contributed by atoms with Gasteiger partial charge in [-0.2, -0.15) is 4.98 Å². The van der Waals surface area contributed by atoms with Crippen molar-refractivity contribution in [3.63, 3.8) is 0 Å². The fourth-order valence-corrected chi connectivity index (χ4v) is 2.13. The van der Waals surface area contributed by atoms with Gasteiger partial charge in [-0.3, -0.25) is 9.36 Å². The van der Waals surface area contributed by atoms with Gasteiger partial charge in [-0.15, -0.1) is 0 Å². The zero-order chi connectivity index (χ0) is 14.6. The van der Waals surface area contributed by atoms with Crippen LogP contribution >= 0.6 is 0 Å². The van der Waals surface area contributed by atoms with Crippen LogP contribution in [0.1, 0.15) is 36.7 Å². The molecular weight excluding hydrogens is 248 g/mol. The molecule has 0 aromatic carbocycles. The van der Waals surface area contributed by atoms with Gasteiger partial charge in [-0.1, -0.05) is 0 Å². The normalized spacial score (nSPS) is 12.4. The van der Waals surface area contributed by atoms with Crippen LogP contribution in [0.25, 0.3) is 0 Å². The standard InChI is InChI=1S/C13H20N2O4/c1-5-19-7-6-15-10(4)11(8(2)12(16)17)9(3)14-13(15)18/h8H,5-7H2,1-4H3,(H,16,17). The van der Waals surface area contributed by atoms with E-state index in [0.29, 0.717) is 36.7 Å². The summed E-state index contributed by atoms with van der Waals surface area (Å²) < 4.78 is 6.69. The highest BCUT2D eigenvalue weighted by Crippen LogP contribution is 2.21. The molecule has 0 fully saturated rings. The molecule has 1 heterocycles. The maximum Gasteiger partial charge on any atom is 0.348 e. The van der Waals surface area contributed by atoms with Gasteiger partial charge in [-0.25, -0.2) is 4.79 Å². The molecule has 1 aromatic rings. The first-order valence-corrected chi connectivity index (χ1v) is 6.28. The average molecular weight is 268 g/mol. The second-order valence-electron chi connectivity index (χ2n) is 4.39. The van der Waals surface area contributed by atoms with E-state index < -0.39 is 11.9 Å². The number of aryl methyl sites for hydroxylation is 1. The van der Waals surface area contributed by atoms with Gasteiger partial charge in [0.2, 0.25) is 0 Å². The van der Waals surface area contributed by atoms with Crippen LogP contribution in [-0.4, -0.2) is 33.8 Å². The molecule has 1 unspecified atom stereocenters. The van der Waals surface area contributed by atoms with Crippen molar-refractivity contribution in [3.05, 3.63) is 27.4 Å². The smallest absolute Gasteiger partial charge is 0.348 e. The lowest BCUT2D eigenvalue weighted by Gasteiger charge is -2.17. The van der Waals surface area contributed by atoms with Crippen LogP contribution in [0.4, 0.5) is 0 Å². The van der Waals surface area contributed by atoms with Crippen molar-refractivity contribution in [1.82, 2.24) is 9.55 Å². The van der Waals surface area contributed by atoms with Crippen LogP contribution < -0.4 is 5.69 Å². The van der Waals surface area contributed by atoms with Crippen LogP contribution in [-0.2, 0) is 16.1 Å². The summed E-state index contributed by atoms with van der Waals surface area (Å²) in [6.07, 6.45) is 0. The number of ether oxygens (including phenoxy) is 1. The third-order valence-corrected chi connectivity index (χ3v) is 3.15. The van der Waals surface area contributed by atoms with Crippen LogP contribution in [0, 0.1) is 13.8 Å². The highest BCUT2D eigenvalue weighted by atomic mass is 16.5. The Balaban J connectivity index is 3.22. The number of aliphatic carboxylic acids is 1. The van der Waals surface area contributed by atoms with E-state index >= 15 is 0 Å². The van der Waals surface area contributed by atoms with E-state index in [9.17, 15) is 9.59 Å². The van der Waals surface area contributed by atoms with E-state index in [1.807, 2.05) is 6.92 Å². The molecule has 0 amide bonds. The predicted molar refractivity (Wildman–Crippen MR) is 70.5 cm³/mol. The number of carboxylic acid groups (broad SMARTS) is 1. The minimum atomic E-state index is -0.928. The first-order valence-electron chi connectivity index (χ1n) is 6.28.